The van der Waals surface area contributed by atoms with Crippen LogP contribution < -0.4 is 5.32 Å². The van der Waals surface area contributed by atoms with Gasteiger partial charge in [0.2, 0.25) is 10.0 Å². The Morgan fingerprint density at radius 1 is 1.35 bits per heavy atom. The molecule has 0 unspecified atom stereocenters. The van der Waals surface area contributed by atoms with Gasteiger partial charge in [-0.25, -0.2) is 12.7 Å². The van der Waals surface area contributed by atoms with Crippen LogP contribution in [-0.2, 0) is 10.0 Å². The summed E-state index contributed by atoms with van der Waals surface area (Å²) in [6.07, 6.45) is 1.62. The maximum atomic E-state index is 12.1. The van der Waals surface area contributed by atoms with Crippen molar-refractivity contribution in [3.05, 3.63) is 0 Å². The Morgan fingerprint density at radius 2 is 2.06 bits per heavy atom. The zero-order valence-corrected chi connectivity index (χ0v) is 12.7. The van der Waals surface area contributed by atoms with Gasteiger partial charge in [0, 0.05) is 23.6 Å². The second-order valence-corrected chi connectivity index (χ2v) is 8.92. The van der Waals surface area contributed by atoms with Gasteiger partial charge in [-0.05, 0) is 26.4 Å². The second-order valence-electron chi connectivity index (χ2n) is 5.03. The van der Waals surface area contributed by atoms with E-state index in [1.54, 1.807) is 4.31 Å². The summed E-state index contributed by atoms with van der Waals surface area (Å²) in [4.78, 5) is 0. The fourth-order valence-electron chi connectivity index (χ4n) is 1.84. The van der Waals surface area contributed by atoms with Gasteiger partial charge in [0.15, 0.2) is 0 Å². The molecule has 1 saturated heterocycles. The molecule has 0 aromatic carbocycles. The molecule has 0 amide bonds. The molecule has 1 aliphatic rings. The fraction of sp³-hybridized carbons (Fsp3) is 1.00. The second kappa shape index (κ2) is 6.41. The first-order valence-corrected chi connectivity index (χ1v) is 8.73. The van der Waals surface area contributed by atoms with E-state index in [2.05, 4.69) is 19.2 Å². The maximum absolute atomic E-state index is 12.1. The number of hydrogen-bond donors (Lipinski definition) is 1. The average molecular weight is 280 g/mol. The van der Waals surface area contributed by atoms with E-state index in [0.29, 0.717) is 19.5 Å². The molecule has 17 heavy (non-hydrogen) atoms. The van der Waals surface area contributed by atoms with E-state index in [9.17, 15) is 8.42 Å². The summed E-state index contributed by atoms with van der Waals surface area (Å²) in [5, 5.41) is 2.98. The molecule has 0 radical (unpaired) electrons. The highest BCUT2D eigenvalue weighted by molar-refractivity contribution is 8.00. The zero-order valence-electron chi connectivity index (χ0n) is 11.0. The molecule has 0 aromatic rings. The number of hydrogen-bond acceptors (Lipinski definition) is 4. The van der Waals surface area contributed by atoms with E-state index in [-0.39, 0.29) is 10.5 Å². The maximum Gasteiger partial charge on any atom is 0.214 e. The quantitative estimate of drug-likeness (QED) is 0.767. The van der Waals surface area contributed by atoms with Crippen molar-refractivity contribution in [2.75, 3.05) is 38.2 Å². The third-order valence-electron chi connectivity index (χ3n) is 3.02. The van der Waals surface area contributed by atoms with Crippen molar-refractivity contribution in [2.24, 2.45) is 0 Å². The number of thioether (sulfide) groups is 1. The van der Waals surface area contributed by atoms with E-state index in [4.69, 9.17) is 0 Å². The van der Waals surface area contributed by atoms with Gasteiger partial charge in [0.1, 0.15) is 0 Å². The monoisotopic (exact) mass is 280 g/mol. The van der Waals surface area contributed by atoms with Crippen LogP contribution in [0.1, 0.15) is 26.7 Å². The molecule has 6 heteroatoms. The molecule has 102 valence electrons. The van der Waals surface area contributed by atoms with Gasteiger partial charge >= 0.3 is 0 Å². The van der Waals surface area contributed by atoms with Crippen LogP contribution in [0.2, 0.25) is 0 Å². The summed E-state index contributed by atoms with van der Waals surface area (Å²) < 4.78 is 26.1. The Kier molecular flexibility index (Phi) is 5.76. The molecule has 1 rings (SSSR count). The van der Waals surface area contributed by atoms with E-state index in [0.717, 1.165) is 18.7 Å². The first kappa shape index (κ1) is 15.3. The summed E-state index contributed by atoms with van der Waals surface area (Å²) in [5.74, 6) is 1.16. The van der Waals surface area contributed by atoms with Crippen molar-refractivity contribution in [1.29, 1.82) is 0 Å². The standard InChI is InChI=1S/C11H24N2O2S2/c1-11(2)5-7-13(8-9-16-11)17(14,15)10-4-6-12-3/h12H,4-10H2,1-3H3. The third kappa shape index (κ3) is 5.16. The Labute approximate surface area is 110 Å². The first-order valence-electron chi connectivity index (χ1n) is 6.14. The molecule has 1 heterocycles. The van der Waals surface area contributed by atoms with Crippen LogP contribution in [0.3, 0.4) is 0 Å². The minimum Gasteiger partial charge on any atom is -0.320 e. The summed E-state index contributed by atoms with van der Waals surface area (Å²) in [6, 6.07) is 0. The molecule has 1 aliphatic heterocycles. The minimum atomic E-state index is -3.05. The van der Waals surface area contributed by atoms with E-state index in [1.165, 1.54) is 0 Å². The predicted octanol–water partition coefficient (Wildman–Crippen LogP) is 1.14. The molecular formula is C11H24N2O2S2. The molecule has 1 N–H and O–H groups in total. The number of rotatable bonds is 5. The van der Waals surface area contributed by atoms with Gasteiger partial charge in [-0.3, -0.25) is 0 Å². The molecule has 0 spiro atoms. The Hall–Kier alpha value is 0.220. The normalized spacial score (nSPS) is 22.3. The van der Waals surface area contributed by atoms with Crippen molar-refractivity contribution in [1.82, 2.24) is 9.62 Å². The summed E-state index contributed by atoms with van der Waals surface area (Å²) >= 11 is 1.87. The highest BCUT2D eigenvalue weighted by Gasteiger charge is 2.29. The molecule has 4 nitrogen and oxygen atoms in total. The van der Waals surface area contributed by atoms with Gasteiger partial charge in [-0.1, -0.05) is 13.8 Å². The van der Waals surface area contributed by atoms with Gasteiger partial charge in [0.25, 0.3) is 0 Å². The van der Waals surface area contributed by atoms with Crippen LogP contribution in [0.15, 0.2) is 0 Å². The van der Waals surface area contributed by atoms with E-state index in [1.807, 2.05) is 18.8 Å². The lowest BCUT2D eigenvalue weighted by Gasteiger charge is -2.22. The Balaban J connectivity index is 2.54. The predicted molar refractivity (Wildman–Crippen MR) is 75.1 cm³/mol. The van der Waals surface area contributed by atoms with Gasteiger partial charge in [-0.2, -0.15) is 11.8 Å². The highest BCUT2D eigenvalue weighted by atomic mass is 32.2. The molecule has 0 bridgehead atoms. The number of nitrogens with one attached hydrogen (secondary N) is 1. The molecular weight excluding hydrogens is 256 g/mol. The lowest BCUT2D eigenvalue weighted by molar-refractivity contribution is 0.414. The first-order chi connectivity index (χ1) is 7.87. The van der Waals surface area contributed by atoms with Gasteiger partial charge in [-0.15, -0.1) is 0 Å². The van der Waals surface area contributed by atoms with Crippen LogP contribution in [0.5, 0.6) is 0 Å². The van der Waals surface area contributed by atoms with Crippen molar-refractivity contribution in [3.8, 4) is 0 Å². The smallest absolute Gasteiger partial charge is 0.214 e. The number of sulfonamides is 1. The van der Waals surface area contributed by atoms with Crippen molar-refractivity contribution in [2.45, 2.75) is 31.4 Å². The van der Waals surface area contributed by atoms with Crippen molar-refractivity contribution in [3.63, 3.8) is 0 Å². The SMILES string of the molecule is CNCCCS(=O)(=O)N1CCSC(C)(C)CC1. The lowest BCUT2D eigenvalue weighted by atomic mass is 10.1. The molecule has 1 fully saturated rings. The van der Waals surface area contributed by atoms with Gasteiger partial charge < -0.3 is 5.32 Å². The summed E-state index contributed by atoms with van der Waals surface area (Å²) in [5.41, 5.74) is 0. The van der Waals surface area contributed by atoms with Crippen LogP contribution in [0.4, 0.5) is 0 Å². The lowest BCUT2D eigenvalue weighted by Crippen LogP contribution is -2.36. The van der Waals surface area contributed by atoms with Crippen molar-refractivity contribution >= 4 is 21.8 Å². The minimum absolute atomic E-state index is 0.204. The fourth-order valence-corrected chi connectivity index (χ4v) is 4.56. The van der Waals surface area contributed by atoms with Crippen molar-refractivity contribution < 1.29 is 8.42 Å². The molecule has 0 aliphatic carbocycles. The Morgan fingerprint density at radius 3 is 2.71 bits per heavy atom. The van der Waals surface area contributed by atoms with Crippen LogP contribution >= 0.6 is 11.8 Å². The summed E-state index contributed by atoms with van der Waals surface area (Å²) in [6.45, 7) is 6.47. The molecule has 0 atom stereocenters. The summed E-state index contributed by atoms with van der Waals surface area (Å²) in [7, 11) is -1.20. The van der Waals surface area contributed by atoms with Crippen LogP contribution in [0, 0.1) is 0 Å². The van der Waals surface area contributed by atoms with E-state index < -0.39 is 10.0 Å². The average Bonchev–Trinajstić information content (AvgIpc) is 2.40. The molecule has 0 aromatic heterocycles. The van der Waals surface area contributed by atoms with Crippen LogP contribution in [-0.4, -0.2) is 55.7 Å². The highest BCUT2D eigenvalue weighted by Crippen LogP contribution is 2.31. The largest absolute Gasteiger partial charge is 0.320 e. The topological polar surface area (TPSA) is 49.4 Å². The molecule has 0 saturated carbocycles. The zero-order chi connectivity index (χ0) is 12.9. The number of nitrogens with zero attached hydrogens (tertiary/aromatic N) is 1. The van der Waals surface area contributed by atoms with Gasteiger partial charge in [0.05, 0.1) is 5.75 Å². The van der Waals surface area contributed by atoms with Crippen LogP contribution in [0.25, 0.3) is 0 Å². The third-order valence-corrected chi connectivity index (χ3v) is 6.35. The Bertz CT molecular complexity index is 328. The van der Waals surface area contributed by atoms with E-state index >= 15 is 0 Å².